The fraction of sp³-hybridized carbons (Fsp3) is 0.476. The van der Waals surface area contributed by atoms with Crippen molar-refractivity contribution in [2.45, 2.75) is 88.4 Å². The highest BCUT2D eigenvalue weighted by atomic mass is 19.1. The van der Waals surface area contributed by atoms with Gasteiger partial charge in [-0.1, -0.05) is 12.8 Å². The molecule has 2 saturated heterocycles. The third-order valence-electron chi connectivity index (χ3n) is 11.9. The van der Waals surface area contributed by atoms with Crippen LogP contribution in [0.25, 0.3) is 22.1 Å². The Bertz CT molecular complexity index is 2630. The molecule has 6 heterocycles. The van der Waals surface area contributed by atoms with Crippen LogP contribution in [0.3, 0.4) is 0 Å². The molecule has 0 spiro atoms. The van der Waals surface area contributed by atoms with E-state index in [0.29, 0.717) is 52.1 Å². The number of unbranched alkanes of at least 4 members (excludes halogenated alkanes) is 3. The summed E-state index contributed by atoms with van der Waals surface area (Å²) in [5.41, 5.74) is 22.4. The van der Waals surface area contributed by atoms with Crippen LogP contribution < -0.4 is 54.2 Å². The van der Waals surface area contributed by atoms with Crippen LogP contribution in [0, 0.1) is 11.6 Å². The van der Waals surface area contributed by atoms with Crippen molar-refractivity contribution in [3.63, 3.8) is 0 Å². The zero-order valence-electron chi connectivity index (χ0n) is 36.0. The van der Waals surface area contributed by atoms with Crippen LogP contribution in [0.15, 0.2) is 54.1 Å². The highest BCUT2D eigenvalue weighted by Crippen LogP contribution is 2.39. The Labute approximate surface area is 375 Å². The summed E-state index contributed by atoms with van der Waals surface area (Å²) >= 11 is 0. The molecule has 2 atom stereocenters. The van der Waals surface area contributed by atoms with Crippen molar-refractivity contribution in [2.75, 3.05) is 49.1 Å². The van der Waals surface area contributed by atoms with Gasteiger partial charge in [-0.15, -0.1) is 0 Å². The van der Waals surface area contributed by atoms with Crippen molar-refractivity contribution in [1.29, 1.82) is 0 Å². The first-order valence-corrected chi connectivity index (χ1v) is 21.9. The van der Waals surface area contributed by atoms with Crippen LogP contribution in [-0.4, -0.2) is 116 Å². The molecule has 12 N–H and O–H groups in total. The molecule has 4 fully saturated rings. The monoisotopic (exact) mass is 914 g/mol. The van der Waals surface area contributed by atoms with Crippen molar-refractivity contribution in [3.8, 4) is 0 Å². The zero-order chi connectivity index (χ0) is 46.8. The number of hydrogen-bond donors (Lipinski definition) is 8. The first-order chi connectivity index (χ1) is 31.6. The number of nitrogens with one attached hydrogen (secondary N) is 2. The standard InChI is InChI=1S/C42H52F2N16O6/c43-29-15-25-31(61)27(37(63)64)19-59(23-5-6-23)33(25)53-35(29)57-13-9-21(17-57)51-41(47)55-39(45)49-11-3-1-2-4-12-50-40(46)56-42(48)52-22-10-14-58(18-22)36-30(44)16-26-32(62)28(38(65)66)20-60(24-7-8-24)34(26)54-36/h15-16,19-24H,1-14,17-18H2,(H,63,64)(H,65,66)(H5,45,47,49,51,55)(H5,46,48,50,52,56). The summed E-state index contributed by atoms with van der Waals surface area (Å²) in [4.78, 5) is 79.0. The summed E-state index contributed by atoms with van der Waals surface area (Å²) < 4.78 is 34.0. The molecule has 4 aromatic heterocycles. The van der Waals surface area contributed by atoms with E-state index in [2.05, 4.69) is 40.6 Å². The van der Waals surface area contributed by atoms with Gasteiger partial charge >= 0.3 is 11.9 Å². The van der Waals surface area contributed by atoms with E-state index < -0.39 is 45.6 Å². The van der Waals surface area contributed by atoms with Gasteiger partial charge in [0.2, 0.25) is 10.9 Å². The van der Waals surface area contributed by atoms with E-state index in [1.54, 1.807) is 18.9 Å². The minimum atomic E-state index is -1.37. The van der Waals surface area contributed by atoms with Gasteiger partial charge in [0.15, 0.2) is 47.1 Å². The smallest absolute Gasteiger partial charge is 0.341 e. The molecule has 2 aliphatic heterocycles. The number of hydrogen-bond acceptors (Lipinski definition) is 12. The van der Waals surface area contributed by atoms with E-state index in [1.165, 1.54) is 12.4 Å². The third kappa shape index (κ3) is 10.1. The maximum Gasteiger partial charge on any atom is 0.341 e. The number of nitrogens with two attached hydrogens (primary N) is 4. The van der Waals surface area contributed by atoms with Gasteiger partial charge in [0.05, 0.1) is 22.9 Å². The lowest BCUT2D eigenvalue weighted by Gasteiger charge is -2.19. The fourth-order valence-corrected chi connectivity index (χ4v) is 8.34. The predicted octanol–water partition coefficient (Wildman–Crippen LogP) is 1.31. The molecule has 4 aromatic rings. The number of nitrogens with zero attached hydrogens (tertiary/aromatic N) is 10. The molecule has 0 amide bonds. The van der Waals surface area contributed by atoms with Gasteiger partial charge in [-0.3, -0.25) is 30.2 Å². The first kappa shape index (κ1) is 45.2. The maximum atomic E-state index is 15.3. The normalized spacial score (nSPS) is 19.6. The van der Waals surface area contributed by atoms with Crippen LogP contribution in [0.4, 0.5) is 20.4 Å². The van der Waals surface area contributed by atoms with Crippen molar-refractivity contribution < 1.29 is 28.6 Å². The minimum Gasteiger partial charge on any atom is -0.477 e. The van der Waals surface area contributed by atoms with Gasteiger partial charge in [0.25, 0.3) is 0 Å². The fourth-order valence-electron chi connectivity index (χ4n) is 8.34. The molecule has 0 bridgehead atoms. The second-order valence-corrected chi connectivity index (χ2v) is 17.0. The van der Waals surface area contributed by atoms with Gasteiger partial charge in [0.1, 0.15) is 22.4 Å². The molecular formula is C42H52F2N16O6. The quantitative estimate of drug-likeness (QED) is 0.0473. The average molecular weight is 915 g/mol. The average Bonchev–Trinajstić information content (AvgIpc) is 4.20. The van der Waals surface area contributed by atoms with Crippen LogP contribution in [0.1, 0.15) is 97.0 Å². The number of guanidine groups is 4. The lowest BCUT2D eigenvalue weighted by Crippen LogP contribution is -2.42. The lowest BCUT2D eigenvalue weighted by atomic mass is 10.2. The SMILES string of the molecule is NC(=NCCCCCCN=C(N)NC(N)=NC1CCN(c2nc3c(cc2F)c(=O)c(C(=O)O)cn3C2CC2)C1)NC(N)=NC1CCN(c2nc3c(cc2F)c(=O)c(C(=O)O)cn3C2CC2)C1. The van der Waals surface area contributed by atoms with E-state index in [-0.39, 0.29) is 81.7 Å². The van der Waals surface area contributed by atoms with Crippen molar-refractivity contribution in [1.82, 2.24) is 29.7 Å². The van der Waals surface area contributed by atoms with Gasteiger partial charge in [-0.25, -0.2) is 38.3 Å². The predicted molar refractivity (Wildman–Crippen MR) is 245 cm³/mol. The molecule has 22 nitrogen and oxygen atoms in total. The number of carboxylic acid groups (broad SMARTS) is 2. The summed E-state index contributed by atoms with van der Waals surface area (Å²) in [6.45, 7) is 2.40. The van der Waals surface area contributed by atoms with E-state index in [4.69, 9.17) is 22.9 Å². The van der Waals surface area contributed by atoms with E-state index in [1.807, 2.05) is 0 Å². The highest BCUT2D eigenvalue weighted by Gasteiger charge is 2.33. The highest BCUT2D eigenvalue weighted by molar-refractivity contribution is 5.98. The number of carbonyl (C=O) groups is 2. The van der Waals surface area contributed by atoms with Crippen LogP contribution >= 0.6 is 0 Å². The van der Waals surface area contributed by atoms with Crippen LogP contribution in [0.2, 0.25) is 0 Å². The number of anilines is 2. The van der Waals surface area contributed by atoms with E-state index >= 15 is 8.78 Å². The first-order valence-electron chi connectivity index (χ1n) is 21.9. The van der Waals surface area contributed by atoms with Gasteiger partial charge in [0, 0.05) is 63.7 Å². The summed E-state index contributed by atoms with van der Waals surface area (Å²) in [6.07, 6.45) is 10.2. The number of rotatable bonds is 15. The van der Waals surface area contributed by atoms with E-state index in [0.717, 1.165) is 63.5 Å². The second-order valence-electron chi connectivity index (χ2n) is 17.0. The molecular weight excluding hydrogens is 863 g/mol. The van der Waals surface area contributed by atoms with Gasteiger partial charge < -0.3 is 52.1 Å². The lowest BCUT2D eigenvalue weighted by molar-refractivity contribution is 0.0684. The minimum absolute atomic E-state index is 0.00419. The maximum absolute atomic E-state index is 15.3. The van der Waals surface area contributed by atoms with Gasteiger partial charge in [-0.05, 0) is 63.5 Å². The number of fused-ring (bicyclic) bond motifs is 2. The molecule has 0 aromatic carbocycles. The number of aromatic nitrogens is 4. The molecule has 0 radical (unpaired) electrons. The van der Waals surface area contributed by atoms with Gasteiger partial charge in [-0.2, -0.15) is 0 Å². The summed E-state index contributed by atoms with van der Waals surface area (Å²) in [5.74, 6) is -3.73. The molecule has 350 valence electrons. The number of carboxylic acids is 2. The molecule has 8 rings (SSSR count). The molecule has 24 heteroatoms. The Morgan fingerprint density at radius 3 is 1.39 bits per heavy atom. The summed E-state index contributed by atoms with van der Waals surface area (Å²) in [6, 6.07) is 1.56. The number of aliphatic imine (C=N–C) groups is 4. The summed E-state index contributed by atoms with van der Waals surface area (Å²) in [7, 11) is 0. The summed E-state index contributed by atoms with van der Waals surface area (Å²) in [5, 5.41) is 24.5. The van der Waals surface area contributed by atoms with Crippen LogP contribution in [0.5, 0.6) is 0 Å². The number of halogens is 2. The molecule has 2 saturated carbocycles. The number of pyridine rings is 4. The third-order valence-corrected chi connectivity index (χ3v) is 11.9. The Kier molecular flexibility index (Phi) is 13.0. The Morgan fingerprint density at radius 1 is 0.636 bits per heavy atom. The Hall–Kier alpha value is -7.40. The molecule has 66 heavy (non-hydrogen) atoms. The largest absolute Gasteiger partial charge is 0.477 e. The van der Waals surface area contributed by atoms with Crippen molar-refractivity contribution in [2.24, 2.45) is 42.9 Å². The molecule has 2 aliphatic carbocycles. The van der Waals surface area contributed by atoms with Crippen LogP contribution in [-0.2, 0) is 0 Å². The topological polar surface area (TPSA) is 328 Å². The Morgan fingerprint density at radius 2 is 1.03 bits per heavy atom. The molecule has 4 aliphatic rings. The number of aromatic carboxylic acids is 2. The molecule has 2 unspecified atom stereocenters. The zero-order valence-corrected chi connectivity index (χ0v) is 36.0. The van der Waals surface area contributed by atoms with Crippen molar-refractivity contribution in [3.05, 3.63) is 67.7 Å². The Balaban J connectivity index is 0.743. The van der Waals surface area contributed by atoms with E-state index in [9.17, 15) is 29.4 Å². The van der Waals surface area contributed by atoms with Crippen molar-refractivity contribution >= 4 is 69.5 Å². The second kappa shape index (κ2) is 19.0.